The third kappa shape index (κ3) is 2.28. The topological polar surface area (TPSA) is 62.3 Å². The van der Waals surface area contributed by atoms with E-state index >= 15 is 0 Å². The molecule has 4 aromatic rings. The Morgan fingerprint density at radius 2 is 1.83 bits per heavy atom. The van der Waals surface area contributed by atoms with Gasteiger partial charge in [-0.3, -0.25) is 0 Å². The van der Waals surface area contributed by atoms with Crippen molar-refractivity contribution in [2.24, 2.45) is 0 Å². The molecule has 0 fully saturated rings. The lowest BCUT2D eigenvalue weighted by Crippen LogP contribution is -1.98. The molecule has 0 radical (unpaired) electrons. The van der Waals surface area contributed by atoms with Crippen LogP contribution in [0.2, 0.25) is 0 Å². The minimum Gasteiger partial charge on any atom is -0.493 e. The highest BCUT2D eigenvalue weighted by Gasteiger charge is 2.11. The molecule has 0 amide bonds. The molecular formula is C17H15N3O3. The first-order valence-corrected chi connectivity index (χ1v) is 7.17. The van der Waals surface area contributed by atoms with Gasteiger partial charge in [-0.15, -0.1) is 0 Å². The monoisotopic (exact) mass is 309 g/mol. The van der Waals surface area contributed by atoms with Crippen molar-refractivity contribution in [2.75, 3.05) is 14.2 Å². The predicted octanol–water partition coefficient (Wildman–Crippen LogP) is 3.24. The van der Waals surface area contributed by atoms with E-state index in [1.165, 1.54) is 6.39 Å². The Morgan fingerprint density at radius 3 is 2.65 bits per heavy atom. The maximum Gasteiger partial charge on any atom is 0.181 e. The van der Waals surface area contributed by atoms with Crippen LogP contribution in [-0.2, 0) is 6.54 Å². The Hall–Kier alpha value is -3.02. The maximum atomic E-state index is 5.38. The van der Waals surface area contributed by atoms with Gasteiger partial charge < -0.3 is 18.5 Å². The van der Waals surface area contributed by atoms with E-state index < -0.39 is 0 Å². The van der Waals surface area contributed by atoms with Crippen LogP contribution in [0.15, 0.2) is 47.5 Å². The van der Waals surface area contributed by atoms with Gasteiger partial charge >= 0.3 is 0 Å². The largest absolute Gasteiger partial charge is 0.493 e. The number of fused-ring (bicyclic) bond motifs is 2. The van der Waals surface area contributed by atoms with Gasteiger partial charge in [-0.05, 0) is 17.7 Å². The highest BCUT2D eigenvalue weighted by atomic mass is 16.5. The number of hydrogen-bond acceptors (Lipinski definition) is 5. The number of imidazole rings is 1. The lowest BCUT2D eigenvalue weighted by atomic mass is 10.2. The SMILES string of the molecule is COc1cc2ncn(Cc3ccc4ncoc4c3)c2cc1OC. The highest BCUT2D eigenvalue weighted by molar-refractivity contribution is 5.80. The summed E-state index contributed by atoms with van der Waals surface area (Å²) < 4.78 is 18.1. The average molecular weight is 309 g/mol. The second-order valence-corrected chi connectivity index (χ2v) is 5.22. The first kappa shape index (κ1) is 13.6. The molecule has 0 N–H and O–H groups in total. The summed E-state index contributed by atoms with van der Waals surface area (Å²) in [5.41, 5.74) is 4.61. The van der Waals surface area contributed by atoms with Gasteiger partial charge in [0, 0.05) is 18.7 Å². The molecule has 0 saturated heterocycles. The molecule has 4 rings (SSSR count). The number of methoxy groups -OCH3 is 2. The van der Waals surface area contributed by atoms with Gasteiger partial charge in [0.15, 0.2) is 23.5 Å². The molecule has 6 nitrogen and oxygen atoms in total. The molecule has 0 aliphatic rings. The van der Waals surface area contributed by atoms with E-state index in [-0.39, 0.29) is 0 Å². The Balaban J connectivity index is 1.76. The number of nitrogens with zero attached hydrogens (tertiary/aromatic N) is 3. The van der Waals surface area contributed by atoms with Crippen molar-refractivity contribution < 1.29 is 13.9 Å². The molecule has 0 spiro atoms. The quantitative estimate of drug-likeness (QED) is 0.579. The molecule has 0 aliphatic heterocycles. The smallest absolute Gasteiger partial charge is 0.181 e. The van der Waals surface area contributed by atoms with Crippen LogP contribution in [0.3, 0.4) is 0 Å². The van der Waals surface area contributed by atoms with E-state index in [1.54, 1.807) is 14.2 Å². The third-order valence-corrected chi connectivity index (χ3v) is 3.87. The fourth-order valence-electron chi connectivity index (χ4n) is 2.71. The lowest BCUT2D eigenvalue weighted by molar-refractivity contribution is 0.355. The standard InChI is InChI=1S/C17H15N3O3/c1-21-16-6-13-14(7-17(16)22-2)20(9-18-13)8-11-3-4-12-15(5-11)23-10-19-12/h3-7,9-10H,8H2,1-2H3. The Bertz CT molecular complexity index is 987. The van der Waals surface area contributed by atoms with E-state index in [2.05, 4.69) is 14.5 Å². The summed E-state index contributed by atoms with van der Waals surface area (Å²) in [6, 6.07) is 9.81. The van der Waals surface area contributed by atoms with E-state index in [0.29, 0.717) is 18.0 Å². The van der Waals surface area contributed by atoms with Gasteiger partial charge in [0.1, 0.15) is 5.52 Å². The van der Waals surface area contributed by atoms with Crippen molar-refractivity contribution >= 4 is 22.1 Å². The number of ether oxygens (including phenoxy) is 2. The van der Waals surface area contributed by atoms with Gasteiger partial charge in [0.25, 0.3) is 0 Å². The normalized spacial score (nSPS) is 11.2. The Morgan fingerprint density at radius 1 is 1.00 bits per heavy atom. The van der Waals surface area contributed by atoms with E-state index in [0.717, 1.165) is 27.7 Å². The fourth-order valence-corrected chi connectivity index (χ4v) is 2.71. The lowest BCUT2D eigenvalue weighted by Gasteiger charge is -2.09. The second kappa shape index (κ2) is 5.31. The Labute approximate surface area is 132 Å². The van der Waals surface area contributed by atoms with Crippen molar-refractivity contribution in [3.05, 3.63) is 48.6 Å². The van der Waals surface area contributed by atoms with Crippen molar-refractivity contribution in [3.8, 4) is 11.5 Å². The summed E-state index contributed by atoms with van der Waals surface area (Å²) in [4.78, 5) is 8.58. The summed E-state index contributed by atoms with van der Waals surface area (Å²) in [5, 5.41) is 0. The molecule has 2 aromatic carbocycles. The van der Waals surface area contributed by atoms with Crippen LogP contribution in [-0.4, -0.2) is 28.8 Å². The summed E-state index contributed by atoms with van der Waals surface area (Å²) in [5.74, 6) is 1.36. The summed E-state index contributed by atoms with van der Waals surface area (Å²) >= 11 is 0. The summed E-state index contributed by atoms with van der Waals surface area (Å²) in [7, 11) is 3.25. The summed E-state index contributed by atoms with van der Waals surface area (Å²) in [6.45, 7) is 0.683. The van der Waals surface area contributed by atoms with E-state index in [1.807, 2.05) is 36.7 Å². The molecule has 0 atom stereocenters. The molecule has 116 valence electrons. The first-order chi connectivity index (χ1) is 11.3. The van der Waals surface area contributed by atoms with Crippen LogP contribution in [0.4, 0.5) is 0 Å². The zero-order chi connectivity index (χ0) is 15.8. The van der Waals surface area contributed by atoms with Gasteiger partial charge in [-0.25, -0.2) is 9.97 Å². The third-order valence-electron chi connectivity index (χ3n) is 3.87. The number of hydrogen-bond donors (Lipinski definition) is 0. The molecule has 2 aromatic heterocycles. The molecule has 0 unspecified atom stereocenters. The van der Waals surface area contributed by atoms with Crippen LogP contribution in [0.1, 0.15) is 5.56 Å². The minimum atomic E-state index is 0.674. The second-order valence-electron chi connectivity index (χ2n) is 5.22. The van der Waals surface area contributed by atoms with Crippen LogP contribution >= 0.6 is 0 Å². The van der Waals surface area contributed by atoms with E-state index in [4.69, 9.17) is 13.9 Å². The van der Waals surface area contributed by atoms with Crippen molar-refractivity contribution in [1.82, 2.24) is 14.5 Å². The maximum absolute atomic E-state index is 5.38. The van der Waals surface area contributed by atoms with E-state index in [9.17, 15) is 0 Å². The van der Waals surface area contributed by atoms with Crippen LogP contribution in [0.5, 0.6) is 11.5 Å². The first-order valence-electron chi connectivity index (χ1n) is 7.17. The molecule has 2 heterocycles. The molecule has 23 heavy (non-hydrogen) atoms. The van der Waals surface area contributed by atoms with Crippen molar-refractivity contribution in [2.45, 2.75) is 6.54 Å². The zero-order valence-corrected chi connectivity index (χ0v) is 12.8. The van der Waals surface area contributed by atoms with Crippen molar-refractivity contribution in [3.63, 3.8) is 0 Å². The zero-order valence-electron chi connectivity index (χ0n) is 12.8. The fraction of sp³-hybridized carbons (Fsp3) is 0.176. The average Bonchev–Trinajstić information content (AvgIpc) is 3.20. The number of aromatic nitrogens is 3. The molecule has 6 heteroatoms. The summed E-state index contributed by atoms with van der Waals surface area (Å²) in [6.07, 6.45) is 3.27. The minimum absolute atomic E-state index is 0.674. The van der Waals surface area contributed by atoms with Gasteiger partial charge in [0.05, 0.1) is 31.6 Å². The molecular weight excluding hydrogens is 294 g/mol. The van der Waals surface area contributed by atoms with Crippen LogP contribution in [0, 0.1) is 0 Å². The molecule has 0 aliphatic carbocycles. The van der Waals surface area contributed by atoms with Crippen molar-refractivity contribution in [1.29, 1.82) is 0 Å². The predicted molar refractivity (Wildman–Crippen MR) is 85.9 cm³/mol. The van der Waals surface area contributed by atoms with Gasteiger partial charge in [0.2, 0.25) is 0 Å². The van der Waals surface area contributed by atoms with Gasteiger partial charge in [-0.1, -0.05) is 6.07 Å². The molecule has 0 bridgehead atoms. The van der Waals surface area contributed by atoms with Crippen LogP contribution in [0.25, 0.3) is 22.1 Å². The molecule has 0 saturated carbocycles. The number of benzene rings is 2. The Kier molecular flexibility index (Phi) is 3.15. The van der Waals surface area contributed by atoms with Crippen LogP contribution < -0.4 is 9.47 Å². The number of oxazole rings is 1. The number of rotatable bonds is 4. The highest BCUT2D eigenvalue weighted by Crippen LogP contribution is 2.31. The van der Waals surface area contributed by atoms with Gasteiger partial charge in [-0.2, -0.15) is 0 Å².